The molecule has 0 amide bonds. The number of aromatic nitrogens is 1. The van der Waals surface area contributed by atoms with Crippen molar-refractivity contribution < 1.29 is 20.1 Å². The zero-order chi connectivity index (χ0) is 14.9. The fraction of sp³-hybridized carbons (Fsp3) is 0.400. The standard InChI is InChI=1S/C15H19NO4/c1-9-6-12-13(10(2)18)8-16(4-3-5-17)14(12)7-11(9)15(19)20/h6-8,10,17-18H,3-5H2,1-2H3,(H,19,20). The Balaban J connectivity index is 2.67. The molecule has 5 heteroatoms. The molecule has 0 aliphatic heterocycles. The van der Waals surface area contributed by atoms with Gasteiger partial charge in [0.15, 0.2) is 0 Å². The third-order valence-electron chi connectivity index (χ3n) is 3.50. The van der Waals surface area contributed by atoms with E-state index in [0.717, 1.165) is 16.5 Å². The van der Waals surface area contributed by atoms with Crippen LogP contribution < -0.4 is 0 Å². The highest BCUT2D eigenvalue weighted by atomic mass is 16.4. The minimum absolute atomic E-state index is 0.0708. The molecular weight excluding hydrogens is 258 g/mol. The van der Waals surface area contributed by atoms with Gasteiger partial charge >= 0.3 is 5.97 Å². The van der Waals surface area contributed by atoms with E-state index in [-0.39, 0.29) is 12.2 Å². The van der Waals surface area contributed by atoms with Crippen LogP contribution in [0, 0.1) is 6.92 Å². The predicted molar refractivity (Wildman–Crippen MR) is 76.0 cm³/mol. The summed E-state index contributed by atoms with van der Waals surface area (Å²) in [5.74, 6) is -0.960. The molecule has 0 fully saturated rings. The summed E-state index contributed by atoms with van der Waals surface area (Å²) in [6.07, 6.45) is 1.79. The van der Waals surface area contributed by atoms with Crippen LogP contribution in [0.2, 0.25) is 0 Å². The summed E-state index contributed by atoms with van der Waals surface area (Å²) in [5.41, 5.74) is 2.49. The number of nitrogens with zero attached hydrogens (tertiary/aromatic N) is 1. The van der Waals surface area contributed by atoms with E-state index < -0.39 is 12.1 Å². The zero-order valence-electron chi connectivity index (χ0n) is 11.6. The smallest absolute Gasteiger partial charge is 0.336 e. The van der Waals surface area contributed by atoms with Gasteiger partial charge in [0.1, 0.15) is 0 Å². The van der Waals surface area contributed by atoms with Gasteiger partial charge in [-0.3, -0.25) is 0 Å². The van der Waals surface area contributed by atoms with Gasteiger partial charge in [0, 0.05) is 35.8 Å². The third-order valence-corrected chi connectivity index (χ3v) is 3.50. The number of aryl methyl sites for hydroxylation is 2. The molecule has 1 atom stereocenters. The number of carbonyl (C=O) groups is 1. The Kier molecular flexibility index (Phi) is 4.11. The second-order valence-corrected chi connectivity index (χ2v) is 5.02. The molecule has 0 radical (unpaired) electrons. The molecule has 20 heavy (non-hydrogen) atoms. The first-order valence-corrected chi connectivity index (χ1v) is 6.61. The quantitative estimate of drug-likeness (QED) is 0.781. The van der Waals surface area contributed by atoms with Crippen molar-refractivity contribution in [2.75, 3.05) is 6.61 Å². The lowest BCUT2D eigenvalue weighted by atomic mass is 10.0. The summed E-state index contributed by atoms with van der Waals surface area (Å²) in [5, 5.41) is 28.9. The van der Waals surface area contributed by atoms with Gasteiger partial charge in [0.25, 0.3) is 0 Å². The molecule has 2 aromatic rings. The van der Waals surface area contributed by atoms with E-state index >= 15 is 0 Å². The summed E-state index contributed by atoms with van der Waals surface area (Å²) in [6.45, 7) is 4.09. The van der Waals surface area contributed by atoms with E-state index in [4.69, 9.17) is 5.11 Å². The minimum Gasteiger partial charge on any atom is -0.478 e. The van der Waals surface area contributed by atoms with E-state index in [1.807, 2.05) is 10.8 Å². The Labute approximate surface area is 117 Å². The van der Waals surface area contributed by atoms with Crippen molar-refractivity contribution in [1.29, 1.82) is 0 Å². The highest BCUT2D eigenvalue weighted by Gasteiger charge is 2.16. The van der Waals surface area contributed by atoms with E-state index in [1.54, 1.807) is 26.0 Å². The first-order chi connectivity index (χ1) is 9.45. The number of aliphatic hydroxyl groups excluding tert-OH is 2. The van der Waals surface area contributed by atoms with Crippen molar-refractivity contribution in [3.8, 4) is 0 Å². The monoisotopic (exact) mass is 277 g/mol. The molecule has 108 valence electrons. The van der Waals surface area contributed by atoms with E-state index in [2.05, 4.69) is 0 Å². The summed E-state index contributed by atoms with van der Waals surface area (Å²) < 4.78 is 1.89. The number of fused-ring (bicyclic) bond motifs is 1. The van der Waals surface area contributed by atoms with Crippen LogP contribution in [0.1, 0.15) is 40.9 Å². The lowest BCUT2D eigenvalue weighted by Crippen LogP contribution is -2.02. The van der Waals surface area contributed by atoms with Gasteiger partial charge in [-0.25, -0.2) is 4.79 Å². The molecule has 0 spiro atoms. The first kappa shape index (κ1) is 14.6. The summed E-state index contributed by atoms with van der Waals surface area (Å²) >= 11 is 0. The van der Waals surface area contributed by atoms with Crippen molar-refractivity contribution in [2.45, 2.75) is 32.9 Å². The first-order valence-electron chi connectivity index (χ1n) is 6.61. The number of aliphatic hydroxyl groups is 2. The maximum Gasteiger partial charge on any atom is 0.336 e. The highest BCUT2D eigenvalue weighted by molar-refractivity contribution is 5.96. The number of rotatable bonds is 5. The van der Waals surface area contributed by atoms with Crippen LogP contribution in [0.4, 0.5) is 0 Å². The number of aromatic carboxylic acids is 1. The second kappa shape index (κ2) is 5.64. The molecule has 3 N–H and O–H groups in total. The molecule has 0 aliphatic rings. The fourth-order valence-corrected chi connectivity index (χ4v) is 2.46. The lowest BCUT2D eigenvalue weighted by Gasteiger charge is -2.06. The third kappa shape index (κ3) is 2.55. The molecule has 0 aliphatic carbocycles. The lowest BCUT2D eigenvalue weighted by molar-refractivity contribution is 0.0696. The largest absolute Gasteiger partial charge is 0.478 e. The van der Waals surface area contributed by atoms with E-state index in [9.17, 15) is 15.0 Å². The van der Waals surface area contributed by atoms with Gasteiger partial charge in [-0.2, -0.15) is 0 Å². The number of hydrogen-bond acceptors (Lipinski definition) is 3. The highest BCUT2D eigenvalue weighted by Crippen LogP contribution is 2.29. The van der Waals surface area contributed by atoms with Crippen molar-refractivity contribution in [3.05, 3.63) is 35.0 Å². The van der Waals surface area contributed by atoms with Gasteiger partial charge in [-0.05, 0) is 38.0 Å². The Morgan fingerprint density at radius 2 is 2.10 bits per heavy atom. The molecule has 1 unspecified atom stereocenters. The van der Waals surface area contributed by atoms with Gasteiger partial charge in [-0.1, -0.05) is 0 Å². The van der Waals surface area contributed by atoms with Gasteiger partial charge < -0.3 is 19.9 Å². The molecule has 1 heterocycles. The van der Waals surface area contributed by atoms with Crippen LogP contribution in [0.25, 0.3) is 10.9 Å². The van der Waals surface area contributed by atoms with Crippen LogP contribution in [-0.2, 0) is 6.54 Å². The molecule has 0 saturated carbocycles. The van der Waals surface area contributed by atoms with E-state index in [0.29, 0.717) is 18.5 Å². The molecule has 2 rings (SSSR count). The number of benzene rings is 1. The number of hydrogen-bond donors (Lipinski definition) is 3. The van der Waals surface area contributed by atoms with Crippen LogP contribution in [0.5, 0.6) is 0 Å². The average molecular weight is 277 g/mol. The van der Waals surface area contributed by atoms with Crippen LogP contribution >= 0.6 is 0 Å². The van der Waals surface area contributed by atoms with Crippen LogP contribution in [0.15, 0.2) is 18.3 Å². The SMILES string of the molecule is Cc1cc2c(C(C)O)cn(CCCO)c2cc1C(=O)O. The van der Waals surface area contributed by atoms with Crippen molar-refractivity contribution in [1.82, 2.24) is 4.57 Å². The summed E-state index contributed by atoms with van der Waals surface area (Å²) in [6, 6.07) is 3.44. The maximum atomic E-state index is 11.2. The minimum atomic E-state index is -0.960. The second-order valence-electron chi connectivity index (χ2n) is 5.02. The molecule has 0 bridgehead atoms. The number of carboxylic acids is 1. The van der Waals surface area contributed by atoms with Gasteiger partial charge in [-0.15, -0.1) is 0 Å². The average Bonchev–Trinajstić information content (AvgIpc) is 2.73. The molecule has 5 nitrogen and oxygen atoms in total. The summed E-state index contributed by atoms with van der Waals surface area (Å²) in [7, 11) is 0. The Hall–Kier alpha value is -1.85. The predicted octanol–water partition coefficient (Wildman–Crippen LogP) is 2.08. The zero-order valence-corrected chi connectivity index (χ0v) is 11.6. The van der Waals surface area contributed by atoms with E-state index in [1.165, 1.54) is 0 Å². The molecular formula is C15H19NO4. The van der Waals surface area contributed by atoms with Crippen LogP contribution in [0.3, 0.4) is 0 Å². The Morgan fingerprint density at radius 3 is 2.65 bits per heavy atom. The normalized spacial score (nSPS) is 12.8. The molecule has 0 saturated heterocycles. The van der Waals surface area contributed by atoms with Gasteiger partial charge in [0.2, 0.25) is 0 Å². The molecule has 1 aromatic carbocycles. The Bertz CT molecular complexity index is 643. The van der Waals surface area contributed by atoms with Crippen molar-refractivity contribution in [3.63, 3.8) is 0 Å². The summed E-state index contributed by atoms with van der Waals surface area (Å²) in [4.78, 5) is 11.2. The maximum absolute atomic E-state index is 11.2. The fourth-order valence-electron chi connectivity index (χ4n) is 2.46. The van der Waals surface area contributed by atoms with Crippen molar-refractivity contribution >= 4 is 16.9 Å². The Morgan fingerprint density at radius 1 is 1.40 bits per heavy atom. The molecule has 1 aromatic heterocycles. The van der Waals surface area contributed by atoms with Crippen molar-refractivity contribution in [2.24, 2.45) is 0 Å². The number of carboxylic acid groups (broad SMARTS) is 1. The van der Waals surface area contributed by atoms with Crippen LogP contribution in [-0.4, -0.2) is 32.5 Å². The van der Waals surface area contributed by atoms with Gasteiger partial charge in [0.05, 0.1) is 11.7 Å². The topological polar surface area (TPSA) is 82.7 Å².